The highest BCUT2D eigenvalue weighted by molar-refractivity contribution is 6.38. The predicted octanol–water partition coefficient (Wildman–Crippen LogP) is 5.89. The molecule has 0 aromatic heterocycles. The molecule has 3 aromatic rings. The number of esters is 1. The predicted molar refractivity (Wildman–Crippen MR) is 263 cm³/mol. The van der Waals surface area contributed by atoms with Gasteiger partial charge in [-0.3, -0.25) is 33.6 Å². The van der Waals surface area contributed by atoms with Crippen LogP contribution in [0.4, 0.5) is 11.4 Å². The largest absolute Gasteiger partial charge is 0.493 e. The van der Waals surface area contributed by atoms with E-state index < -0.39 is 47.5 Å². The number of hydrogen-bond acceptors (Lipinski definition) is 12. The minimum atomic E-state index is -1.17. The highest BCUT2D eigenvalue weighted by atomic mass is 16.5. The molecule has 382 valence electrons. The molecule has 3 heterocycles. The summed E-state index contributed by atoms with van der Waals surface area (Å²) < 4.78 is 17.1. The van der Waals surface area contributed by atoms with E-state index in [1.165, 1.54) is 9.80 Å². The Labute approximate surface area is 414 Å². The summed E-state index contributed by atoms with van der Waals surface area (Å²) in [5.74, 6) is -2.02. The van der Waals surface area contributed by atoms with Gasteiger partial charge in [-0.05, 0) is 112 Å². The number of rotatable bonds is 23. The van der Waals surface area contributed by atoms with Gasteiger partial charge < -0.3 is 50.4 Å². The van der Waals surface area contributed by atoms with E-state index >= 15 is 0 Å². The first-order chi connectivity index (χ1) is 34.0. The molecule has 71 heavy (non-hydrogen) atoms. The number of nitrogens with zero attached hydrogens (tertiary/aromatic N) is 2. The Bertz CT molecular complexity index is 2460. The van der Waals surface area contributed by atoms with Crippen molar-refractivity contribution in [3.8, 4) is 11.5 Å². The van der Waals surface area contributed by atoms with Crippen molar-refractivity contribution in [1.82, 2.24) is 20.4 Å². The van der Waals surface area contributed by atoms with Crippen LogP contribution in [0.15, 0.2) is 60.7 Å². The number of unbranched alkanes of at least 4 members (excludes halogenated alkanes) is 1. The van der Waals surface area contributed by atoms with Gasteiger partial charge in [0.05, 0.1) is 20.3 Å². The van der Waals surface area contributed by atoms with E-state index in [0.717, 1.165) is 5.56 Å². The normalized spacial score (nSPS) is 18.1. The van der Waals surface area contributed by atoms with Gasteiger partial charge in [0.25, 0.3) is 11.8 Å². The number of benzene rings is 3. The molecule has 5 N–H and O–H groups in total. The molecule has 0 spiro atoms. The molecule has 4 atom stereocenters. The zero-order chi connectivity index (χ0) is 51.2. The summed E-state index contributed by atoms with van der Waals surface area (Å²) in [4.78, 5) is 107. The lowest BCUT2D eigenvalue weighted by Crippen LogP contribution is -2.55. The van der Waals surface area contributed by atoms with Crippen LogP contribution < -0.4 is 30.7 Å². The molecule has 0 saturated carbocycles. The average Bonchev–Trinajstić information content (AvgIpc) is 3.70. The zero-order valence-corrected chi connectivity index (χ0v) is 41.4. The summed E-state index contributed by atoms with van der Waals surface area (Å²) in [6, 6.07) is 16.2. The molecule has 0 aliphatic carbocycles. The SMILES string of the molecule is CCC(C)(C)C(=O)C(=O)N1CCCC[C@H]1C(=O)O[C@H](CCc1ccc(OC)c(OC)c1)c1cccc(NC(=O)CCCC(=O)NCCCCC(=O)Nc2cccc3c2CN(C2CCC(=O)NC2O)C3=O)c1. The number of aliphatic hydroxyl groups is 1. The minimum Gasteiger partial charge on any atom is -0.493 e. The van der Waals surface area contributed by atoms with Gasteiger partial charge in [0.1, 0.15) is 18.4 Å². The second kappa shape index (κ2) is 24.8. The van der Waals surface area contributed by atoms with E-state index in [9.17, 15) is 43.5 Å². The third kappa shape index (κ3) is 14.0. The number of carbonyl (C=O) groups is 8. The van der Waals surface area contributed by atoms with E-state index in [4.69, 9.17) is 14.2 Å². The van der Waals surface area contributed by atoms with Crippen LogP contribution in [0.2, 0.25) is 0 Å². The molecular formula is C53H68N6O12. The van der Waals surface area contributed by atoms with Crippen LogP contribution in [0.25, 0.3) is 0 Å². The number of aryl methyl sites for hydroxylation is 1. The summed E-state index contributed by atoms with van der Waals surface area (Å²) in [6.07, 6.45) is 3.29. The van der Waals surface area contributed by atoms with Crippen LogP contribution in [0, 0.1) is 5.41 Å². The monoisotopic (exact) mass is 980 g/mol. The lowest BCUT2D eigenvalue weighted by atomic mass is 9.84. The first-order valence-electron chi connectivity index (χ1n) is 24.7. The molecule has 2 unspecified atom stereocenters. The number of amides is 6. The fourth-order valence-electron chi connectivity index (χ4n) is 9.07. The topological polar surface area (TPSA) is 239 Å². The van der Waals surface area contributed by atoms with Gasteiger partial charge in [0.15, 0.2) is 11.5 Å². The molecule has 2 fully saturated rings. The number of fused-ring (bicyclic) bond motifs is 1. The third-order valence-corrected chi connectivity index (χ3v) is 13.6. The minimum absolute atomic E-state index is 0.0684. The van der Waals surface area contributed by atoms with Crippen LogP contribution in [-0.2, 0) is 51.3 Å². The lowest BCUT2D eigenvalue weighted by molar-refractivity contribution is -0.164. The maximum absolute atomic E-state index is 14.1. The molecule has 3 aromatic carbocycles. The number of piperidine rings is 2. The van der Waals surface area contributed by atoms with Crippen LogP contribution >= 0.6 is 0 Å². The Morgan fingerprint density at radius 2 is 1.58 bits per heavy atom. The second-order valence-electron chi connectivity index (χ2n) is 19.0. The van der Waals surface area contributed by atoms with E-state index in [0.29, 0.717) is 104 Å². The Kier molecular flexibility index (Phi) is 18.7. The van der Waals surface area contributed by atoms with E-state index in [2.05, 4.69) is 21.3 Å². The van der Waals surface area contributed by atoms with Crippen molar-refractivity contribution in [3.63, 3.8) is 0 Å². The highest BCUT2D eigenvalue weighted by Crippen LogP contribution is 2.35. The molecule has 3 aliphatic heterocycles. The average molecular weight is 981 g/mol. The van der Waals surface area contributed by atoms with Crippen molar-refractivity contribution in [2.75, 3.05) is 37.9 Å². The first kappa shape index (κ1) is 53.5. The summed E-state index contributed by atoms with van der Waals surface area (Å²) in [6.45, 7) is 6.11. The number of hydrogen-bond donors (Lipinski definition) is 5. The number of ether oxygens (including phenoxy) is 3. The molecule has 3 aliphatic rings. The van der Waals surface area contributed by atoms with Crippen LogP contribution in [0.1, 0.15) is 137 Å². The summed E-state index contributed by atoms with van der Waals surface area (Å²) in [5.41, 5.74) is 2.72. The smallest absolute Gasteiger partial charge is 0.329 e. The number of Topliss-reactive ketones (excluding diaryl/α,β-unsaturated/α-hetero) is 1. The molecule has 2 saturated heterocycles. The van der Waals surface area contributed by atoms with E-state index in [1.54, 1.807) is 76.6 Å². The summed E-state index contributed by atoms with van der Waals surface area (Å²) in [5, 5.41) is 21.5. The molecule has 0 bridgehead atoms. The number of carbonyl (C=O) groups excluding carboxylic acids is 8. The highest BCUT2D eigenvalue weighted by Gasteiger charge is 2.42. The Morgan fingerprint density at radius 1 is 0.845 bits per heavy atom. The fourth-order valence-corrected chi connectivity index (χ4v) is 9.07. The Balaban J connectivity index is 0.968. The van der Waals surface area contributed by atoms with Gasteiger partial charge in [0, 0.05) is 73.2 Å². The van der Waals surface area contributed by atoms with Crippen molar-refractivity contribution < 1.29 is 57.7 Å². The molecule has 0 radical (unpaired) electrons. The van der Waals surface area contributed by atoms with Gasteiger partial charge in [-0.25, -0.2) is 4.79 Å². The molecule has 6 amide bonds. The van der Waals surface area contributed by atoms with Gasteiger partial charge >= 0.3 is 5.97 Å². The quantitative estimate of drug-likeness (QED) is 0.0425. The van der Waals surface area contributed by atoms with Gasteiger partial charge in [-0.2, -0.15) is 0 Å². The maximum Gasteiger partial charge on any atom is 0.329 e. The van der Waals surface area contributed by atoms with Crippen molar-refractivity contribution in [2.45, 2.75) is 142 Å². The Morgan fingerprint density at radius 3 is 2.32 bits per heavy atom. The third-order valence-electron chi connectivity index (χ3n) is 13.6. The number of aliphatic hydroxyl groups excluding tert-OH is 1. The molecule has 18 nitrogen and oxygen atoms in total. The van der Waals surface area contributed by atoms with Gasteiger partial charge in [0.2, 0.25) is 29.4 Å². The fraction of sp³-hybridized carbons (Fsp3) is 0.509. The number of methoxy groups -OCH3 is 2. The van der Waals surface area contributed by atoms with Crippen molar-refractivity contribution in [1.29, 1.82) is 0 Å². The molecule has 18 heteroatoms. The van der Waals surface area contributed by atoms with Crippen molar-refractivity contribution in [3.05, 3.63) is 82.9 Å². The van der Waals surface area contributed by atoms with Crippen molar-refractivity contribution in [2.24, 2.45) is 5.41 Å². The summed E-state index contributed by atoms with van der Waals surface area (Å²) >= 11 is 0. The zero-order valence-electron chi connectivity index (χ0n) is 41.4. The van der Waals surface area contributed by atoms with Crippen LogP contribution in [0.5, 0.6) is 11.5 Å². The van der Waals surface area contributed by atoms with Gasteiger partial charge in [-0.1, -0.05) is 45.0 Å². The number of ketones is 1. The Hall–Kier alpha value is -6.82. The van der Waals surface area contributed by atoms with Crippen LogP contribution in [0.3, 0.4) is 0 Å². The maximum atomic E-state index is 14.1. The lowest BCUT2D eigenvalue weighted by Gasteiger charge is -2.36. The second-order valence-corrected chi connectivity index (χ2v) is 19.0. The standard InChI is InChI=1S/C53H68N6O12/c1-6-53(2,3)48(64)51(67)58-29-10-8-18-40(58)52(68)71-41(25-22-33-23-26-42(69-4)43(30-33)70-5)34-14-11-15-35(31-34)55-45(61)21-13-20-44(60)54-28-9-7-19-46(62)56-38-17-12-16-36-37(38)32-59(50(36)66)39-24-27-47(63)57-49(39)65/h11-12,14-17,23,26,30-31,39-41,49,65H,6-10,13,18-22,24-25,27-29,32H2,1-5H3,(H,54,60)(H,55,61)(H,56,62)(H,57,63)/t39?,40-,41+,49?/m0/s1. The first-order valence-corrected chi connectivity index (χ1v) is 24.7. The number of anilines is 2. The van der Waals surface area contributed by atoms with E-state index in [1.807, 2.05) is 19.1 Å². The number of nitrogens with one attached hydrogen (secondary N) is 4. The van der Waals surface area contributed by atoms with Crippen LogP contribution in [-0.4, -0.2) is 108 Å². The molecule has 6 rings (SSSR count). The van der Waals surface area contributed by atoms with E-state index in [-0.39, 0.29) is 74.7 Å². The number of likely N-dealkylation sites (tertiary alicyclic amines) is 1. The molecular weight excluding hydrogens is 913 g/mol. The van der Waals surface area contributed by atoms with Gasteiger partial charge in [-0.15, -0.1) is 0 Å². The summed E-state index contributed by atoms with van der Waals surface area (Å²) in [7, 11) is 3.10. The van der Waals surface area contributed by atoms with Crippen molar-refractivity contribution >= 4 is 58.6 Å².